The van der Waals surface area contributed by atoms with Gasteiger partial charge in [-0.3, -0.25) is 5.32 Å². The van der Waals surface area contributed by atoms with Crippen LogP contribution in [0.5, 0.6) is 23.0 Å². The summed E-state index contributed by atoms with van der Waals surface area (Å²) in [5.41, 5.74) is 10.5. The number of nitrogens with zero attached hydrogens (tertiary/aromatic N) is 1. The zero-order valence-corrected chi connectivity index (χ0v) is 45.1. The lowest BCUT2D eigenvalue weighted by Crippen LogP contribution is -2.47. The predicted molar refractivity (Wildman–Crippen MR) is 304 cm³/mol. The lowest BCUT2D eigenvalue weighted by atomic mass is 9.57. The summed E-state index contributed by atoms with van der Waals surface area (Å²) in [7, 11) is 0. The zero-order chi connectivity index (χ0) is 54.3. The molecule has 79 heavy (non-hydrogen) atoms. The topological polar surface area (TPSA) is 187 Å². The van der Waals surface area contributed by atoms with Gasteiger partial charge >= 0.3 is 0 Å². The van der Waals surface area contributed by atoms with Crippen LogP contribution >= 0.6 is 0 Å². The van der Waals surface area contributed by atoms with E-state index in [0.717, 1.165) is 107 Å². The quantitative estimate of drug-likeness (QED) is 0.0294. The minimum absolute atomic E-state index is 0.0180. The fraction of sp³-hybridized carbons (Fsp3) is 0.424. The van der Waals surface area contributed by atoms with Gasteiger partial charge in [-0.15, -0.1) is 0 Å². The van der Waals surface area contributed by atoms with Crippen molar-refractivity contribution in [3.05, 3.63) is 171 Å². The van der Waals surface area contributed by atoms with Crippen molar-refractivity contribution in [2.75, 3.05) is 39.8 Å². The van der Waals surface area contributed by atoms with Gasteiger partial charge in [0.2, 0.25) is 0 Å². The second-order valence-electron chi connectivity index (χ2n) is 22.4. The molecule has 6 aromatic rings. The number of benzene rings is 5. The first-order chi connectivity index (χ1) is 38.6. The zero-order valence-electron chi connectivity index (χ0n) is 45.1. The van der Waals surface area contributed by atoms with E-state index in [1.54, 1.807) is 24.3 Å². The number of rotatable bonds is 14. The van der Waals surface area contributed by atoms with E-state index in [1.807, 2.05) is 24.3 Å². The van der Waals surface area contributed by atoms with Crippen LogP contribution in [0.2, 0.25) is 0 Å². The molecule has 1 aliphatic carbocycles. The Balaban J connectivity index is 1.02. The number of hydrogen-bond acceptors (Lipinski definition) is 12. The van der Waals surface area contributed by atoms with Gasteiger partial charge < -0.3 is 59.5 Å². The highest BCUT2D eigenvalue weighted by Crippen LogP contribution is 2.52. The molecule has 414 valence electrons. The van der Waals surface area contributed by atoms with Gasteiger partial charge in [0.1, 0.15) is 30.1 Å². The summed E-state index contributed by atoms with van der Waals surface area (Å²) in [6.07, 6.45) is 15.0. The van der Waals surface area contributed by atoms with Crippen molar-refractivity contribution in [3.8, 4) is 34.8 Å². The third kappa shape index (κ3) is 12.3. The molecular weight excluding hydrogens is 995 g/mol. The van der Waals surface area contributed by atoms with Crippen LogP contribution < -0.4 is 15.4 Å². The van der Waals surface area contributed by atoms with Crippen LogP contribution in [0, 0.1) is 23.7 Å². The maximum Gasteiger partial charge on any atom is 0.161 e. The lowest BCUT2D eigenvalue weighted by Gasteiger charge is -2.49. The van der Waals surface area contributed by atoms with Gasteiger partial charge in [0.25, 0.3) is 0 Å². The van der Waals surface area contributed by atoms with Crippen LogP contribution in [0.1, 0.15) is 114 Å². The Morgan fingerprint density at radius 1 is 0.823 bits per heavy atom. The molecule has 5 aromatic carbocycles. The highest BCUT2D eigenvalue weighted by atomic mass is 16.5. The molecule has 5 aliphatic rings. The molecule has 6 atom stereocenters. The fourth-order valence-electron chi connectivity index (χ4n) is 12.9. The third-order valence-electron chi connectivity index (χ3n) is 17.2. The van der Waals surface area contributed by atoms with Crippen LogP contribution in [0.25, 0.3) is 16.6 Å². The van der Waals surface area contributed by atoms with Crippen LogP contribution in [-0.4, -0.2) is 93.3 Å². The van der Waals surface area contributed by atoms with Crippen molar-refractivity contribution in [2.24, 2.45) is 11.8 Å². The minimum atomic E-state index is -0.714. The molecule has 11 rings (SSSR count). The Kier molecular flexibility index (Phi) is 17.1. The molecule has 13 nitrogen and oxygen atoms in total. The molecule has 8 N–H and O–H groups in total. The van der Waals surface area contributed by atoms with E-state index in [9.17, 15) is 30.6 Å². The standard InChI is InChI=1S/C66H75N3O10/c70-24-3-4-25-77-42-67-64-34-48-17-15-43(13-14-44-16-22-61(74)49(27-44)28-45-8-5-10-55(72)29-45)7-6-11-57-35-56(73)21-19-47-33-63(62(75)32-51(47)38-71)79-39-52-31-54(30-50-36-69(37-58(50)52)65(68-64)59(48)41-78-57)66-23-26-76-40-53(66)20-18-46-9-1-2-12-60(46)66/h1-2,5,8-10,12,16,22,27,29-34,36-37,43,53,56-57,64,67-68,70-75H,3-4,6-7,11,13-14,18-21,23-26,28,35,38-42H2/t43-,53+,56+,57-,64?,66+/m0/s1. The number of aliphatic hydroxyl groups excluding tert-OH is 3. The van der Waals surface area contributed by atoms with Crippen molar-refractivity contribution < 1.29 is 49.6 Å². The highest BCUT2D eigenvalue weighted by molar-refractivity contribution is 5.88. The van der Waals surface area contributed by atoms with E-state index < -0.39 is 6.10 Å². The van der Waals surface area contributed by atoms with Crippen LogP contribution in [0.3, 0.4) is 0 Å². The normalized spacial score (nSPS) is 23.2. The van der Waals surface area contributed by atoms with E-state index in [-0.39, 0.29) is 79.9 Å². The summed E-state index contributed by atoms with van der Waals surface area (Å²) in [5, 5.41) is 73.7. The molecule has 0 saturated carbocycles. The molecule has 0 amide bonds. The number of aryl methyl sites for hydroxylation is 3. The number of dihydropyridines is 1. The Bertz CT molecular complexity index is 3260. The van der Waals surface area contributed by atoms with Gasteiger partial charge in [-0.2, -0.15) is 0 Å². The van der Waals surface area contributed by atoms with Gasteiger partial charge in [-0.25, -0.2) is 0 Å². The SMILES string of the molecule is OCCCCOCNC1C=C2C#C[C@H](CCc3ccc(O)c(Cc4cccc(O)c4)c3)CCC[C@H]3C[C@H](O)CCc4cc(c(O)cc4CO)OCc4cc([C@@]56CCOC[C@H]5CCc5ccccc56)cc5cn(cc45)C(=C2CO3)N1. The largest absolute Gasteiger partial charge is 0.508 e. The molecule has 4 aliphatic heterocycles. The Morgan fingerprint density at radius 2 is 1.72 bits per heavy atom. The summed E-state index contributed by atoms with van der Waals surface area (Å²) in [6, 6.07) is 29.9. The van der Waals surface area contributed by atoms with E-state index >= 15 is 0 Å². The van der Waals surface area contributed by atoms with Gasteiger partial charge in [0.15, 0.2) is 11.5 Å². The maximum atomic E-state index is 11.8. The summed E-state index contributed by atoms with van der Waals surface area (Å²) in [5.74, 6) is 9.24. The summed E-state index contributed by atoms with van der Waals surface area (Å²) in [4.78, 5) is 0. The fourth-order valence-corrected chi connectivity index (χ4v) is 12.9. The van der Waals surface area contributed by atoms with Gasteiger partial charge in [-0.05, 0) is 182 Å². The number of aliphatic hydroxyl groups is 3. The van der Waals surface area contributed by atoms with Crippen LogP contribution in [0.15, 0.2) is 121 Å². The molecule has 1 fully saturated rings. The molecule has 0 spiro atoms. The van der Waals surface area contributed by atoms with E-state index in [2.05, 4.69) is 88.0 Å². The minimum Gasteiger partial charge on any atom is -0.508 e. The molecule has 0 radical (unpaired) electrons. The molecule has 1 unspecified atom stereocenters. The number of phenolic OH excluding ortho intramolecular Hbond substituents is 3. The second-order valence-corrected chi connectivity index (χ2v) is 22.4. The number of aromatic hydroxyl groups is 3. The number of fused-ring (bicyclic) bond motifs is 9. The number of phenols is 3. The van der Waals surface area contributed by atoms with Gasteiger partial charge in [-0.1, -0.05) is 66.4 Å². The molecular formula is C66H75N3O10. The van der Waals surface area contributed by atoms with Gasteiger partial charge in [0.05, 0.1) is 38.8 Å². The average molecular weight is 1070 g/mol. The molecule has 13 heteroatoms. The number of unbranched alkanes of at least 4 members (excludes halogenated alkanes) is 1. The molecule has 1 aromatic heterocycles. The molecule has 1 saturated heterocycles. The van der Waals surface area contributed by atoms with E-state index in [0.29, 0.717) is 69.7 Å². The van der Waals surface area contributed by atoms with Crippen LogP contribution in [-0.2, 0) is 58.5 Å². The van der Waals surface area contributed by atoms with E-state index in [1.165, 1.54) is 16.7 Å². The van der Waals surface area contributed by atoms with Crippen molar-refractivity contribution >= 4 is 16.6 Å². The van der Waals surface area contributed by atoms with Crippen molar-refractivity contribution in [1.82, 2.24) is 15.2 Å². The lowest BCUT2D eigenvalue weighted by molar-refractivity contribution is 0.00498. The average Bonchev–Trinajstić information content (AvgIpc) is 4.12. The second kappa shape index (κ2) is 24.8. The number of ether oxygens (including phenoxy) is 4. The number of hydrogen-bond donors (Lipinski definition) is 8. The molecule has 5 heterocycles. The van der Waals surface area contributed by atoms with E-state index in [4.69, 9.17) is 18.9 Å². The summed E-state index contributed by atoms with van der Waals surface area (Å²) in [6.45, 7) is 2.35. The number of nitrogens with one attached hydrogen (secondary N) is 2. The smallest absolute Gasteiger partial charge is 0.161 e. The third-order valence-corrected chi connectivity index (χ3v) is 17.2. The predicted octanol–water partition coefficient (Wildman–Crippen LogP) is 9.57. The maximum absolute atomic E-state index is 11.8. The first-order valence-corrected chi connectivity index (χ1v) is 28.6. The Morgan fingerprint density at radius 3 is 2.61 bits per heavy atom. The highest BCUT2D eigenvalue weighted by Gasteiger charge is 2.47. The van der Waals surface area contributed by atoms with Gasteiger partial charge in [0, 0.05) is 71.9 Å². The Hall–Kier alpha value is -6.60. The van der Waals surface area contributed by atoms with Crippen molar-refractivity contribution in [1.29, 1.82) is 0 Å². The Labute approximate surface area is 463 Å². The summed E-state index contributed by atoms with van der Waals surface area (Å²) >= 11 is 0. The van der Waals surface area contributed by atoms with Crippen LogP contribution in [0.4, 0.5) is 0 Å². The van der Waals surface area contributed by atoms with Crippen molar-refractivity contribution in [3.63, 3.8) is 0 Å². The number of aromatic nitrogens is 1. The monoisotopic (exact) mass is 1070 g/mol. The first kappa shape index (κ1) is 54.4. The molecule has 6 bridgehead atoms. The summed E-state index contributed by atoms with van der Waals surface area (Å²) < 4.78 is 28.2. The van der Waals surface area contributed by atoms with Crippen molar-refractivity contribution in [2.45, 2.75) is 127 Å². The first-order valence-electron chi connectivity index (χ1n) is 28.6.